The Hall–Kier alpha value is -5.12. The Labute approximate surface area is 336 Å². The summed E-state index contributed by atoms with van der Waals surface area (Å²) in [6, 6.07) is 9.49. The van der Waals surface area contributed by atoms with Gasteiger partial charge in [-0.05, 0) is 63.4 Å². The number of amides is 3. The van der Waals surface area contributed by atoms with Crippen molar-refractivity contribution < 1.29 is 42.9 Å². The van der Waals surface area contributed by atoms with E-state index in [0.717, 1.165) is 6.07 Å². The third-order valence-corrected chi connectivity index (χ3v) is 10.9. The third kappa shape index (κ3) is 12.4. The fourth-order valence-corrected chi connectivity index (χ4v) is 7.11. The number of benzene rings is 2. The zero-order valence-corrected chi connectivity index (χ0v) is 34.5. The van der Waals surface area contributed by atoms with Gasteiger partial charge >= 0.3 is 18.2 Å². The Kier molecular flexibility index (Phi) is 15.5. The largest absolute Gasteiger partial charge is 0.477 e. The number of hydrogen-bond donors (Lipinski definition) is 3. The Morgan fingerprint density at radius 2 is 1.67 bits per heavy atom. The first-order chi connectivity index (χ1) is 26.9. The van der Waals surface area contributed by atoms with Crippen LogP contribution in [0, 0.1) is 23.6 Å². The van der Waals surface area contributed by atoms with E-state index in [1.54, 1.807) is 67.5 Å². The molecule has 4 rings (SSSR count). The summed E-state index contributed by atoms with van der Waals surface area (Å²) in [6.07, 6.45) is 0.307. The minimum atomic E-state index is -1.38. The van der Waals surface area contributed by atoms with Crippen molar-refractivity contribution >= 4 is 63.9 Å². The molecule has 310 valence electrons. The highest BCUT2D eigenvalue weighted by atomic mass is 32.2. The molecule has 0 unspecified atom stereocenters. The Balaban J connectivity index is 1.29. The molecule has 2 atom stereocenters. The number of carboxylic acid groups (broad SMARTS) is 1. The smallest absolute Gasteiger partial charge is 0.410 e. The molecule has 0 saturated carbocycles. The van der Waals surface area contributed by atoms with Gasteiger partial charge in [0.1, 0.15) is 29.4 Å². The number of rotatable bonds is 16. The van der Waals surface area contributed by atoms with Crippen LogP contribution in [-0.4, -0.2) is 94.3 Å². The molecule has 1 aromatic heterocycles. The normalized spacial score (nSPS) is 14.3. The van der Waals surface area contributed by atoms with Crippen molar-refractivity contribution in [2.45, 2.75) is 73.6 Å². The molecule has 14 nitrogen and oxygen atoms in total. The second-order valence-corrected chi connectivity index (χ2v) is 16.6. The highest BCUT2D eigenvalue weighted by Gasteiger charge is 2.28. The lowest BCUT2D eigenvalue weighted by Gasteiger charge is -2.35. The SMILES string of the molecule is CCn1cc(C(=O)O)c(=O)c2cc(F)c(N3CCN(C(=O)OCc4ccc(NC(=O)[C@H](CSCCNC(=O)OC(C)(C)C)CC(=O)[C@@H](C)C(C)C)cc4)CC3)cc21. The van der Waals surface area contributed by atoms with Crippen molar-refractivity contribution in [3.05, 3.63) is 69.8 Å². The summed E-state index contributed by atoms with van der Waals surface area (Å²) >= 11 is 1.47. The zero-order valence-electron chi connectivity index (χ0n) is 33.7. The summed E-state index contributed by atoms with van der Waals surface area (Å²) in [5.74, 6) is -2.04. The van der Waals surface area contributed by atoms with E-state index >= 15 is 4.39 Å². The predicted molar refractivity (Wildman–Crippen MR) is 219 cm³/mol. The maximum absolute atomic E-state index is 15.3. The van der Waals surface area contributed by atoms with Crippen LogP contribution in [0.4, 0.5) is 25.4 Å². The van der Waals surface area contributed by atoms with Gasteiger partial charge in [-0.1, -0.05) is 32.9 Å². The van der Waals surface area contributed by atoms with Gasteiger partial charge in [0, 0.05) is 80.4 Å². The molecule has 0 spiro atoms. The molecule has 1 aliphatic rings. The minimum absolute atomic E-state index is 0.0123. The fraction of sp³-hybridized carbons (Fsp3) is 0.512. The van der Waals surface area contributed by atoms with Gasteiger partial charge in [0.25, 0.3) is 0 Å². The van der Waals surface area contributed by atoms with Crippen LogP contribution in [0.2, 0.25) is 0 Å². The van der Waals surface area contributed by atoms with Gasteiger partial charge in [-0.15, -0.1) is 0 Å². The molecule has 3 aromatic rings. The number of carbonyl (C=O) groups excluding carboxylic acids is 4. The number of ketones is 1. The summed E-state index contributed by atoms with van der Waals surface area (Å²) in [5.41, 5.74) is 0.107. The van der Waals surface area contributed by atoms with E-state index in [2.05, 4.69) is 10.6 Å². The summed E-state index contributed by atoms with van der Waals surface area (Å²) in [6.45, 7) is 14.8. The highest BCUT2D eigenvalue weighted by Crippen LogP contribution is 2.27. The number of carbonyl (C=O) groups is 5. The molecule has 0 bridgehead atoms. The first kappa shape index (κ1) is 44.6. The van der Waals surface area contributed by atoms with E-state index < -0.39 is 46.5 Å². The average molecular weight is 812 g/mol. The first-order valence-electron chi connectivity index (χ1n) is 19.1. The van der Waals surface area contributed by atoms with Crippen LogP contribution in [0.3, 0.4) is 0 Å². The molecule has 57 heavy (non-hydrogen) atoms. The lowest BCUT2D eigenvalue weighted by atomic mass is 9.88. The number of halogens is 1. The van der Waals surface area contributed by atoms with Crippen LogP contribution >= 0.6 is 11.8 Å². The number of pyridine rings is 1. The maximum atomic E-state index is 15.3. The summed E-state index contributed by atoms with van der Waals surface area (Å²) < 4.78 is 27.7. The van der Waals surface area contributed by atoms with Crippen LogP contribution in [0.1, 0.15) is 70.8 Å². The second kappa shape index (κ2) is 19.8. The lowest BCUT2D eigenvalue weighted by Crippen LogP contribution is -2.49. The van der Waals surface area contributed by atoms with Crippen molar-refractivity contribution in [3.8, 4) is 0 Å². The number of aryl methyl sites for hydroxylation is 1. The Morgan fingerprint density at radius 3 is 2.26 bits per heavy atom. The van der Waals surface area contributed by atoms with Crippen molar-refractivity contribution in [2.75, 3.05) is 54.4 Å². The molecule has 1 fully saturated rings. The summed E-state index contributed by atoms with van der Waals surface area (Å²) in [5, 5.41) is 15.0. The van der Waals surface area contributed by atoms with Crippen LogP contribution in [-0.2, 0) is 32.2 Å². The van der Waals surface area contributed by atoms with Gasteiger partial charge in [0.05, 0.1) is 17.1 Å². The molecule has 3 N–H and O–H groups in total. The van der Waals surface area contributed by atoms with Gasteiger partial charge in [-0.3, -0.25) is 14.4 Å². The third-order valence-electron chi connectivity index (χ3n) is 9.74. The number of piperazine rings is 1. The monoisotopic (exact) mass is 811 g/mol. The van der Waals surface area contributed by atoms with E-state index in [1.807, 2.05) is 20.8 Å². The van der Waals surface area contributed by atoms with Crippen LogP contribution < -0.4 is 21.0 Å². The van der Waals surface area contributed by atoms with Crippen molar-refractivity contribution in [2.24, 2.45) is 17.8 Å². The molecule has 3 amide bonds. The van der Waals surface area contributed by atoms with E-state index in [1.165, 1.54) is 22.9 Å². The van der Waals surface area contributed by atoms with E-state index in [9.17, 15) is 33.9 Å². The molecular weight excluding hydrogens is 758 g/mol. The predicted octanol–water partition coefficient (Wildman–Crippen LogP) is 6.38. The first-order valence-corrected chi connectivity index (χ1v) is 20.3. The highest BCUT2D eigenvalue weighted by molar-refractivity contribution is 7.99. The average Bonchev–Trinajstić information content (AvgIpc) is 3.15. The van der Waals surface area contributed by atoms with Crippen molar-refractivity contribution in [3.63, 3.8) is 0 Å². The molecule has 1 aliphatic heterocycles. The fourth-order valence-electron chi connectivity index (χ4n) is 6.14. The Morgan fingerprint density at radius 1 is 1.00 bits per heavy atom. The number of carboxylic acids is 1. The molecule has 1 saturated heterocycles. The van der Waals surface area contributed by atoms with Gasteiger partial charge in [0.15, 0.2) is 0 Å². The van der Waals surface area contributed by atoms with Crippen LogP contribution in [0.15, 0.2) is 47.4 Å². The molecule has 2 aromatic carbocycles. The number of Topliss-reactive ketones (excluding diaryl/α,β-unsaturated/α-hetero) is 1. The van der Waals surface area contributed by atoms with Gasteiger partial charge < -0.3 is 39.6 Å². The van der Waals surface area contributed by atoms with Gasteiger partial charge in [-0.25, -0.2) is 18.8 Å². The quantitative estimate of drug-likeness (QED) is 0.137. The number of ether oxygens (including phenoxy) is 2. The van der Waals surface area contributed by atoms with Gasteiger partial charge in [0.2, 0.25) is 11.3 Å². The van der Waals surface area contributed by atoms with E-state index in [-0.39, 0.29) is 60.7 Å². The number of alkyl carbamates (subject to hydrolysis) is 1. The van der Waals surface area contributed by atoms with Crippen molar-refractivity contribution in [1.29, 1.82) is 0 Å². The second-order valence-electron chi connectivity index (χ2n) is 15.4. The van der Waals surface area contributed by atoms with E-state index in [4.69, 9.17) is 9.47 Å². The molecule has 0 radical (unpaired) electrons. The maximum Gasteiger partial charge on any atom is 0.410 e. The number of fused-ring (bicyclic) bond motifs is 1. The van der Waals surface area contributed by atoms with Crippen LogP contribution in [0.5, 0.6) is 0 Å². The summed E-state index contributed by atoms with van der Waals surface area (Å²) in [4.78, 5) is 78.9. The van der Waals surface area contributed by atoms with Gasteiger partial charge in [-0.2, -0.15) is 11.8 Å². The molecular formula is C41H54FN5O9S. The number of aromatic nitrogens is 1. The standard InChI is InChI=1S/C41H54FN5O9S/c1-8-45-22-31(38(51)52)36(49)30-20-32(42)34(21-33(30)45)46-14-16-47(17-15-46)40(54)55-23-27-9-11-29(12-10-27)44-37(50)28(19-35(48)26(4)25(2)3)24-57-18-13-43-39(53)56-41(5,6)7/h9-12,20-22,25-26,28H,8,13-19,23-24H2,1-7H3,(H,43,53)(H,44,50)(H,51,52)/t26-,28-/m0/s1. The molecule has 2 heterocycles. The lowest BCUT2D eigenvalue weighted by molar-refractivity contribution is -0.128. The van der Waals surface area contributed by atoms with Crippen molar-refractivity contribution in [1.82, 2.24) is 14.8 Å². The number of nitrogens with one attached hydrogen (secondary N) is 2. The Bertz CT molecular complexity index is 1990. The minimum Gasteiger partial charge on any atom is -0.477 e. The topological polar surface area (TPSA) is 177 Å². The van der Waals surface area contributed by atoms with Crippen LogP contribution in [0.25, 0.3) is 10.9 Å². The number of aromatic carboxylic acids is 1. The number of nitrogens with zero attached hydrogens (tertiary/aromatic N) is 3. The van der Waals surface area contributed by atoms with E-state index in [0.29, 0.717) is 54.5 Å². The summed E-state index contributed by atoms with van der Waals surface area (Å²) in [7, 11) is 0. The number of thioether (sulfide) groups is 1. The number of hydrogen-bond acceptors (Lipinski definition) is 10. The molecule has 16 heteroatoms. The zero-order chi connectivity index (χ0) is 42.0. The number of anilines is 2. The molecule has 0 aliphatic carbocycles.